The van der Waals surface area contributed by atoms with Gasteiger partial charge in [0.15, 0.2) is 0 Å². The van der Waals surface area contributed by atoms with Crippen LogP contribution in [-0.2, 0) is 0 Å². The van der Waals surface area contributed by atoms with Gasteiger partial charge in [0.2, 0.25) is 0 Å². The first-order valence-corrected chi connectivity index (χ1v) is 21.3. The van der Waals surface area contributed by atoms with Gasteiger partial charge in [-0.3, -0.25) is 0 Å². The Morgan fingerprint density at radius 3 is 1.39 bits per heavy atom. The van der Waals surface area contributed by atoms with Crippen molar-refractivity contribution in [2.45, 2.75) is 0 Å². The molecule has 11 aromatic rings. The molecule has 0 N–H and O–H groups in total. The summed E-state index contributed by atoms with van der Waals surface area (Å²) >= 11 is 0. The number of hydrogen-bond donors (Lipinski definition) is 0. The van der Waals surface area contributed by atoms with E-state index in [1.165, 1.54) is 44.2 Å². The first kappa shape index (κ1) is 36.8. The smallest absolute Gasteiger partial charge is 0.0562 e. The van der Waals surface area contributed by atoms with Gasteiger partial charge in [0, 0.05) is 27.5 Å². The molecule has 2 heteroatoms. The zero-order valence-corrected chi connectivity index (χ0v) is 34.1. The molecule has 2 nitrogen and oxygen atoms in total. The van der Waals surface area contributed by atoms with Crippen LogP contribution in [0, 0.1) is 0 Å². The average Bonchev–Trinajstić information content (AvgIpc) is 3.70. The number of nitrogens with zero attached hydrogens (tertiary/aromatic N) is 2. The van der Waals surface area contributed by atoms with E-state index in [0.717, 1.165) is 56.0 Å². The van der Waals surface area contributed by atoms with Gasteiger partial charge in [0.05, 0.1) is 33.8 Å². The Labute approximate surface area is 362 Å². The quantitative estimate of drug-likeness (QED) is 0.141. The highest BCUT2D eigenvalue weighted by atomic mass is 15.2. The molecule has 0 saturated heterocycles. The van der Waals surface area contributed by atoms with E-state index in [0.29, 0.717) is 0 Å². The third-order valence-electron chi connectivity index (χ3n) is 12.0. The number of anilines is 3. The van der Waals surface area contributed by atoms with Crippen molar-refractivity contribution < 1.29 is 0 Å². The van der Waals surface area contributed by atoms with Gasteiger partial charge in [-0.1, -0.05) is 212 Å². The fourth-order valence-corrected chi connectivity index (χ4v) is 9.14. The van der Waals surface area contributed by atoms with Gasteiger partial charge in [0.25, 0.3) is 0 Å². The van der Waals surface area contributed by atoms with E-state index in [1.807, 2.05) is 0 Å². The van der Waals surface area contributed by atoms with E-state index in [9.17, 15) is 0 Å². The monoisotopic (exact) mass is 790 g/mol. The number of hydrogen-bond acceptors (Lipinski definition) is 1. The molecule has 0 atom stereocenters. The lowest BCUT2D eigenvalue weighted by Gasteiger charge is -2.31. The highest BCUT2D eigenvalue weighted by molar-refractivity contribution is 6.17. The first-order chi connectivity index (χ1) is 30.8. The summed E-state index contributed by atoms with van der Waals surface area (Å²) in [5.74, 6) is 0. The molecule has 11 rings (SSSR count). The van der Waals surface area contributed by atoms with Crippen LogP contribution >= 0.6 is 0 Å². The summed E-state index contributed by atoms with van der Waals surface area (Å²) in [6.07, 6.45) is 0. The van der Waals surface area contributed by atoms with E-state index >= 15 is 0 Å². The fourth-order valence-electron chi connectivity index (χ4n) is 9.14. The van der Waals surface area contributed by atoms with Crippen molar-refractivity contribution in [2.24, 2.45) is 0 Å². The van der Waals surface area contributed by atoms with E-state index in [4.69, 9.17) is 0 Å². The minimum atomic E-state index is 1.10. The van der Waals surface area contributed by atoms with Crippen LogP contribution in [0.15, 0.2) is 255 Å². The van der Waals surface area contributed by atoms with Crippen molar-refractivity contribution in [1.82, 2.24) is 4.57 Å². The number of benzene rings is 10. The largest absolute Gasteiger partial charge is 0.309 e. The second-order valence-electron chi connectivity index (χ2n) is 15.7. The van der Waals surface area contributed by atoms with Gasteiger partial charge >= 0.3 is 0 Å². The summed E-state index contributed by atoms with van der Waals surface area (Å²) < 4.78 is 2.46. The zero-order chi connectivity index (χ0) is 41.2. The molecule has 0 spiro atoms. The lowest BCUT2D eigenvalue weighted by atomic mass is 9.95. The number of fused-ring (bicyclic) bond motifs is 3. The molecule has 62 heavy (non-hydrogen) atoms. The van der Waals surface area contributed by atoms with Gasteiger partial charge in [-0.2, -0.15) is 0 Å². The molecule has 1 aromatic heterocycles. The molecule has 0 amide bonds. The minimum Gasteiger partial charge on any atom is -0.309 e. The van der Waals surface area contributed by atoms with E-state index in [1.54, 1.807) is 0 Å². The van der Waals surface area contributed by atoms with Gasteiger partial charge in [-0.25, -0.2) is 0 Å². The summed E-state index contributed by atoms with van der Waals surface area (Å²) in [6, 6.07) is 92.2. The minimum absolute atomic E-state index is 1.10. The molecule has 0 bridgehead atoms. The number of para-hydroxylation sites is 3. The van der Waals surface area contributed by atoms with Crippen molar-refractivity contribution in [3.05, 3.63) is 255 Å². The maximum atomic E-state index is 2.51. The Hall–Kier alpha value is -8.20. The molecular formula is C60H42N2. The van der Waals surface area contributed by atoms with Crippen molar-refractivity contribution in [3.8, 4) is 61.3 Å². The van der Waals surface area contributed by atoms with E-state index in [-0.39, 0.29) is 0 Å². The van der Waals surface area contributed by atoms with Crippen LogP contribution in [0.25, 0.3) is 83.1 Å². The van der Waals surface area contributed by atoms with Crippen molar-refractivity contribution in [2.75, 3.05) is 4.90 Å². The highest BCUT2D eigenvalue weighted by Crippen LogP contribution is 2.50. The standard InChI is InChI=1S/C60H42N2/c1-5-20-43(21-6-1)45-36-38-48(39-37-45)51-29-14-17-32-55(51)61-56-33-18-15-30-52(56)60-58(61)34-19-35-59(60)62(54-31-16-13-28-50(54)46-24-9-3-10-25-46)57-41-40-49(44-22-7-2-8-23-44)42-53(57)47-26-11-4-12-27-47/h1-42H. The van der Waals surface area contributed by atoms with E-state index in [2.05, 4.69) is 264 Å². The van der Waals surface area contributed by atoms with E-state index < -0.39 is 0 Å². The molecular weight excluding hydrogens is 749 g/mol. The van der Waals surface area contributed by atoms with Crippen LogP contribution < -0.4 is 4.90 Å². The summed E-state index contributed by atoms with van der Waals surface area (Å²) in [5, 5.41) is 2.38. The second-order valence-corrected chi connectivity index (χ2v) is 15.7. The predicted molar refractivity (Wildman–Crippen MR) is 263 cm³/mol. The molecule has 10 aromatic carbocycles. The van der Waals surface area contributed by atoms with Crippen LogP contribution in [-0.4, -0.2) is 4.57 Å². The van der Waals surface area contributed by atoms with Crippen LogP contribution in [0.2, 0.25) is 0 Å². The Morgan fingerprint density at radius 1 is 0.258 bits per heavy atom. The normalized spacial score (nSPS) is 11.2. The van der Waals surface area contributed by atoms with Gasteiger partial charge < -0.3 is 9.47 Å². The van der Waals surface area contributed by atoms with Crippen LogP contribution in [0.4, 0.5) is 17.1 Å². The molecule has 0 fully saturated rings. The number of rotatable bonds is 9. The lowest BCUT2D eigenvalue weighted by molar-refractivity contribution is 1.18. The molecule has 0 aliphatic carbocycles. The summed E-state index contributed by atoms with van der Waals surface area (Å²) in [6.45, 7) is 0. The van der Waals surface area contributed by atoms with Crippen molar-refractivity contribution in [1.29, 1.82) is 0 Å². The zero-order valence-electron chi connectivity index (χ0n) is 34.1. The van der Waals surface area contributed by atoms with Crippen molar-refractivity contribution >= 4 is 38.9 Å². The first-order valence-electron chi connectivity index (χ1n) is 21.3. The van der Waals surface area contributed by atoms with Crippen LogP contribution in [0.1, 0.15) is 0 Å². The molecule has 0 saturated carbocycles. The summed E-state index contributed by atoms with van der Waals surface area (Å²) in [7, 11) is 0. The third-order valence-corrected chi connectivity index (χ3v) is 12.0. The Morgan fingerprint density at radius 2 is 0.694 bits per heavy atom. The molecule has 0 radical (unpaired) electrons. The lowest BCUT2D eigenvalue weighted by Crippen LogP contribution is -2.13. The molecule has 0 aliphatic heterocycles. The number of aromatic nitrogens is 1. The Bertz CT molecular complexity index is 3310. The second kappa shape index (κ2) is 16.1. The molecule has 1 heterocycles. The summed E-state index contributed by atoms with van der Waals surface area (Å²) in [5.41, 5.74) is 18.5. The third kappa shape index (κ3) is 6.65. The predicted octanol–water partition coefficient (Wildman–Crippen LogP) is 16.6. The molecule has 0 unspecified atom stereocenters. The van der Waals surface area contributed by atoms with Gasteiger partial charge in [-0.15, -0.1) is 0 Å². The summed E-state index contributed by atoms with van der Waals surface area (Å²) in [4.78, 5) is 2.51. The maximum absolute atomic E-state index is 2.51. The Kier molecular flexibility index (Phi) is 9.57. The molecule has 292 valence electrons. The molecule has 0 aliphatic rings. The van der Waals surface area contributed by atoms with Crippen LogP contribution in [0.3, 0.4) is 0 Å². The Balaban J connectivity index is 1.18. The van der Waals surface area contributed by atoms with Gasteiger partial charge in [0.1, 0.15) is 0 Å². The maximum Gasteiger partial charge on any atom is 0.0562 e. The van der Waals surface area contributed by atoms with Crippen molar-refractivity contribution in [3.63, 3.8) is 0 Å². The highest BCUT2D eigenvalue weighted by Gasteiger charge is 2.26. The average molecular weight is 791 g/mol. The van der Waals surface area contributed by atoms with Gasteiger partial charge in [-0.05, 0) is 81.4 Å². The van der Waals surface area contributed by atoms with Crippen LogP contribution in [0.5, 0.6) is 0 Å². The fraction of sp³-hybridized carbons (Fsp3) is 0. The SMILES string of the molecule is c1ccc(-c2ccc(-c3ccccc3-n3c4ccccc4c4c(N(c5ccccc5-c5ccccc5)c5ccc(-c6ccccc6)cc5-c5ccccc5)cccc43)cc2)cc1. The topological polar surface area (TPSA) is 8.17 Å².